The lowest BCUT2D eigenvalue weighted by Gasteiger charge is -2.29. The highest BCUT2D eigenvalue weighted by molar-refractivity contribution is 5.55. The van der Waals surface area contributed by atoms with E-state index in [9.17, 15) is 25.4 Å². The van der Waals surface area contributed by atoms with Crippen molar-refractivity contribution in [3.05, 3.63) is 15.9 Å². The summed E-state index contributed by atoms with van der Waals surface area (Å²) in [4.78, 5) is 13.9. The number of anilines is 1. The molecule has 0 amide bonds. The zero-order valence-electron chi connectivity index (χ0n) is 10.1. The van der Waals surface area contributed by atoms with Crippen LogP contribution < -0.4 is 5.32 Å². The van der Waals surface area contributed by atoms with E-state index < -0.39 is 36.1 Å². The number of rotatable bonds is 6. The molecule has 0 saturated carbocycles. The molecule has 0 bridgehead atoms. The topological polar surface area (TPSA) is 134 Å². The van der Waals surface area contributed by atoms with Crippen LogP contribution in [0.5, 0.6) is 0 Å². The van der Waals surface area contributed by atoms with Crippen LogP contribution in [0.1, 0.15) is 5.82 Å². The molecule has 0 saturated heterocycles. The monoisotopic (exact) mass is 260 g/mol. The Labute approximate surface area is 103 Å². The fourth-order valence-corrected chi connectivity index (χ4v) is 1.38. The third-order valence-corrected chi connectivity index (χ3v) is 2.76. The third-order valence-electron chi connectivity index (χ3n) is 2.76. The van der Waals surface area contributed by atoms with Crippen LogP contribution in [-0.4, -0.2) is 55.2 Å². The molecule has 1 aromatic rings. The van der Waals surface area contributed by atoms with Gasteiger partial charge in [0.1, 0.15) is 5.54 Å². The van der Waals surface area contributed by atoms with Gasteiger partial charge in [0.05, 0.1) is 19.8 Å². The number of nitro groups is 1. The highest BCUT2D eigenvalue weighted by Crippen LogP contribution is 2.26. The van der Waals surface area contributed by atoms with Gasteiger partial charge in [-0.05, 0) is 9.91 Å². The highest BCUT2D eigenvalue weighted by atomic mass is 16.6. The molecule has 9 heteroatoms. The van der Waals surface area contributed by atoms with E-state index in [1.54, 1.807) is 14.0 Å². The van der Waals surface area contributed by atoms with Gasteiger partial charge in [-0.3, -0.25) is 4.57 Å². The molecule has 18 heavy (non-hydrogen) atoms. The number of aliphatic hydroxyl groups is 3. The lowest BCUT2D eigenvalue weighted by molar-refractivity contribution is -0.388. The molecule has 0 atom stereocenters. The Bertz CT molecular complexity index is 432. The van der Waals surface area contributed by atoms with Gasteiger partial charge >= 0.3 is 5.82 Å². The molecule has 0 radical (unpaired) electrons. The SMILES string of the molecule is Cc1nc([N+](=O)[O-])c(NC(CO)(CO)CO)n1C. The van der Waals surface area contributed by atoms with Crippen LogP contribution in [0.15, 0.2) is 0 Å². The Morgan fingerprint density at radius 3 is 2.28 bits per heavy atom. The Balaban J connectivity index is 3.20. The van der Waals surface area contributed by atoms with Crippen molar-refractivity contribution < 1.29 is 20.2 Å². The van der Waals surface area contributed by atoms with E-state index in [0.717, 1.165) is 0 Å². The van der Waals surface area contributed by atoms with Crippen molar-refractivity contribution in [1.29, 1.82) is 0 Å². The molecule has 0 aromatic carbocycles. The second-order valence-corrected chi connectivity index (χ2v) is 4.03. The van der Waals surface area contributed by atoms with Crippen molar-refractivity contribution in [3.8, 4) is 0 Å². The number of imidazole rings is 1. The van der Waals surface area contributed by atoms with Gasteiger partial charge in [-0.1, -0.05) is 0 Å². The first kappa shape index (κ1) is 14.4. The van der Waals surface area contributed by atoms with Crippen LogP contribution in [0.25, 0.3) is 0 Å². The Hall–Kier alpha value is -1.71. The molecule has 1 heterocycles. The van der Waals surface area contributed by atoms with Crippen molar-refractivity contribution in [2.24, 2.45) is 7.05 Å². The lowest BCUT2D eigenvalue weighted by atomic mass is 10.0. The van der Waals surface area contributed by atoms with E-state index in [0.29, 0.717) is 5.82 Å². The van der Waals surface area contributed by atoms with Gasteiger partial charge in [0.25, 0.3) is 0 Å². The number of aryl methyl sites for hydroxylation is 1. The summed E-state index contributed by atoms with van der Waals surface area (Å²) in [5.74, 6) is -0.00343. The van der Waals surface area contributed by atoms with Crippen LogP contribution in [0.4, 0.5) is 11.6 Å². The average Bonchev–Trinajstić information content (AvgIpc) is 2.64. The molecule has 0 aliphatic carbocycles. The highest BCUT2D eigenvalue weighted by Gasteiger charge is 2.34. The maximum absolute atomic E-state index is 10.8. The predicted molar refractivity (Wildman–Crippen MR) is 62.2 cm³/mol. The molecule has 0 aliphatic heterocycles. The fourth-order valence-electron chi connectivity index (χ4n) is 1.38. The zero-order valence-corrected chi connectivity index (χ0v) is 10.1. The Morgan fingerprint density at radius 2 is 1.89 bits per heavy atom. The van der Waals surface area contributed by atoms with Gasteiger partial charge in [0.15, 0.2) is 0 Å². The first-order valence-corrected chi connectivity index (χ1v) is 5.19. The van der Waals surface area contributed by atoms with Gasteiger partial charge in [-0.25, -0.2) is 0 Å². The molecule has 0 aliphatic rings. The first-order valence-electron chi connectivity index (χ1n) is 5.19. The molecular formula is C9H16N4O5. The summed E-state index contributed by atoms with van der Waals surface area (Å²) in [6.45, 7) is -0.166. The summed E-state index contributed by atoms with van der Waals surface area (Å²) in [5.41, 5.74) is -1.44. The van der Waals surface area contributed by atoms with Gasteiger partial charge in [0.2, 0.25) is 11.6 Å². The molecule has 0 fully saturated rings. The number of hydrogen-bond acceptors (Lipinski definition) is 7. The second kappa shape index (κ2) is 5.29. The van der Waals surface area contributed by atoms with Crippen LogP contribution in [0.3, 0.4) is 0 Å². The number of nitrogens with zero attached hydrogens (tertiary/aromatic N) is 3. The standard InChI is InChI=1S/C9H16N4O5/c1-6-10-7(13(17)18)8(12(6)2)11-9(3-14,4-15)5-16/h11,14-16H,3-5H2,1-2H3. The number of aliphatic hydroxyl groups excluding tert-OH is 3. The van der Waals surface area contributed by atoms with Crippen molar-refractivity contribution in [2.45, 2.75) is 12.5 Å². The van der Waals surface area contributed by atoms with Crippen molar-refractivity contribution >= 4 is 11.6 Å². The van der Waals surface area contributed by atoms with E-state index >= 15 is 0 Å². The second-order valence-electron chi connectivity index (χ2n) is 4.03. The van der Waals surface area contributed by atoms with Gasteiger partial charge < -0.3 is 30.8 Å². The predicted octanol–water partition coefficient (Wildman–Crippen LogP) is -1.24. The summed E-state index contributed by atoms with van der Waals surface area (Å²) in [7, 11) is 1.55. The quantitative estimate of drug-likeness (QED) is 0.371. The van der Waals surface area contributed by atoms with Crippen molar-refractivity contribution in [3.63, 3.8) is 0 Å². The normalized spacial score (nSPS) is 11.6. The minimum atomic E-state index is -1.44. The Morgan fingerprint density at radius 1 is 1.39 bits per heavy atom. The van der Waals surface area contributed by atoms with Crippen LogP contribution in [0.2, 0.25) is 0 Å². The zero-order chi connectivity index (χ0) is 13.9. The van der Waals surface area contributed by atoms with E-state index in [4.69, 9.17) is 0 Å². The van der Waals surface area contributed by atoms with E-state index in [-0.39, 0.29) is 5.82 Å². The molecule has 0 unspecified atom stereocenters. The smallest absolute Gasteiger partial charge is 0.394 e. The molecule has 4 N–H and O–H groups in total. The van der Waals surface area contributed by atoms with E-state index in [1.807, 2.05) is 0 Å². The van der Waals surface area contributed by atoms with Crippen LogP contribution >= 0.6 is 0 Å². The van der Waals surface area contributed by atoms with Crippen molar-refractivity contribution in [1.82, 2.24) is 9.55 Å². The van der Waals surface area contributed by atoms with E-state index in [1.165, 1.54) is 4.57 Å². The summed E-state index contributed by atoms with van der Waals surface area (Å²) in [5, 5.41) is 41.0. The maximum Gasteiger partial charge on any atom is 0.406 e. The third kappa shape index (κ3) is 2.42. The van der Waals surface area contributed by atoms with Gasteiger partial charge in [0, 0.05) is 14.0 Å². The van der Waals surface area contributed by atoms with Gasteiger partial charge in [-0.15, -0.1) is 0 Å². The van der Waals surface area contributed by atoms with E-state index in [2.05, 4.69) is 10.3 Å². The molecule has 0 spiro atoms. The maximum atomic E-state index is 10.8. The largest absolute Gasteiger partial charge is 0.406 e. The van der Waals surface area contributed by atoms with Crippen LogP contribution in [-0.2, 0) is 7.05 Å². The number of aromatic nitrogens is 2. The minimum Gasteiger partial charge on any atom is -0.394 e. The average molecular weight is 260 g/mol. The minimum absolute atomic E-state index is 0.0228. The number of nitrogens with one attached hydrogen (secondary N) is 1. The molecule has 9 nitrogen and oxygen atoms in total. The van der Waals surface area contributed by atoms with Crippen molar-refractivity contribution in [2.75, 3.05) is 25.1 Å². The molecule has 102 valence electrons. The number of hydrogen-bond donors (Lipinski definition) is 4. The summed E-state index contributed by atoms with van der Waals surface area (Å²) < 4.78 is 1.41. The Kier molecular flexibility index (Phi) is 4.22. The summed E-state index contributed by atoms with van der Waals surface area (Å²) in [6.07, 6.45) is 0. The van der Waals surface area contributed by atoms with Gasteiger partial charge in [-0.2, -0.15) is 0 Å². The van der Waals surface area contributed by atoms with Crippen LogP contribution in [0, 0.1) is 17.0 Å². The first-order chi connectivity index (χ1) is 8.40. The lowest BCUT2D eigenvalue weighted by Crippen LogP contribution is -2.49. The molecular weight excluding hydrogens is 244 g/mol. The molecule has 1 aromatic heterocycles. The summed E-state index contributed by atoms with van der Waals surface area (Å²) >= 11 is 0. The summed E-state index contributed by atoms with van der Waals surface area (Å²) in [6, 6.07) is 0. The molecule has 1 rings (SSSR count). The fraction of sp³-hybridized carbons (Fsp3) is 0.667.